The molecule has 2 aromatic rings. The van der Waals surface area contributed by atoms with Crippen molar-refractivity contribution in [3.63, 3.8) is 0 Å². The van der Waals surface area contributed by atoms with Gasteiger partial charge in [-0.1, -0.05) is 26.8 Å². The van der Waals surface area contributed by atoms with Crippen LogP contribution >= 0.6 is 11.3 Å². The number of guanidine groups is 1. The summed E-state index contributed by atoms with van der Waals surface area (Å²) >= 11 is 1.85. The second kappa shape index (κ2) is 9.56. The average Bonchev–Trinajstić information content (AvgIpc) is 3.34. The third kappa shape index (κ3) is 6.07. The molecule has 1 aliphatic heterocycles. The number of thiophene rings is 1. The van der Waals surface area contributed by atoms with Crippen LogP contribution < -0.4 is 10.6 Å². The Morgan fingerprint density at radius 2 is 2.25 bits per heavy atom. The molecule has 1 saturated heterocycles. The third-order valence-electron chi connectivity index (χ3n) is 5.04. The maximum absolute atomic E-state index is 5.84. The number of piperidine rings is 1. The van der Waals surface area contributed by atoms with Gasteiger partial charge in [0.25, 0.3) is 0 Å². The number of likely N-dealkylation sites (tertiary alicyclic amines) is 1. The molecule has 0 aliphatic carbocycles. The van der Waals surface area contributed by atoms with Crippen molar-refractivity contribution in [2.75, 3.05) is 26.7 Å². The van der Waals surface area contributed by atoms with E-state index in [1.165, 1.54) is 24.3 Å². The van der Waals surface area contributed by atoms with Crippen LogP contribution in [0, 0.1) is 5.92 Å². The van der Waals surface area contributed by atoms with Crippen LogP contribution in [0.4, 0.5) is 0 Å². The molecule has 2 N–H and O–H groups in total. The third-order valence-corrected chi connectivity index (χ3v) is 5.91. The second-order valence-corrected chi connectivity index (χ2v) is 9.53. The summed E-state index contributed by atoms with van der Waals surface area (Å²) in [6.07, 6.45) is 4.34. The maximum Gasteiger partial charge on any atom is 0.213 e. The molecule has 0 amide bonds. The summed E-state index contributed by atoms with van der Waals surface area (Å²) in [5.74, 6) is 3.03. The van der Waals surface area contributed by atoms with Crippen molar-refractivity contribution in [3.05, 3.63) is 40.2 Å². The van der Waals surface area contributed by atoms with Crippen molar-refractivity contribution < 1.29 is 4.42 Å². The molecule has 0 radical (unpaired) electrons. The van der Waals surface area contributed by atoms with Gasteiger partial charge in [0.2, 0.25) is 5.89 Å². The minimum atomic E-state index is -0.0266. The molecule has 0 spiro atoms. The summed E-state index contributed by atoms with van der Waals surface area (Å²) in [5, 5.41) is 8.94. The molecular formula is C21H33N5OS. The lowest BCUT2D eigenvalue weighted by atomic mass is 9.94. The molecule has 0 saturated carbocycles. The van der Waals surface area contributed by atoms with Crippen LogP contribution in [-0.4, -0.2) is 42.5 Å². The van der Waals surface area contributed by atoms with Gasteiger partial charge in [0.1, 0.15) is 5.76 Å². The zero-order valence-corrected chi connectivity index (χ0v) is 18.3. The highest BCUT2D eigenvalue weighted by Crippen LogP contribution is 2.22. The van der Waals surface area contributed by atoms with Crippen LogP contribution in [0.25, 0.3) is 0 Å². The van der Waals surface area contributed by atoms with E-state index >= 15 is 0 Å². The van der Waals surface area contributed by atoms with E-state index in [0.29, 0.717) is 18.4 Å². The average molecular weight is 404 g/mol. The fraction of sp³-hybridized carbons (Fsp3) is 0.619. The highest BCUT2D eigenvalue weighted by molar-refractivity contribution is 7.09. The van der Waals surface area contributed by atoms with Gasteiger partial charge in [-0.15, -0.1) is 11.3 Å². The zero-order valence-electron chi connectivity index (χ0n) is 17.5. The van der Waals surface area contributed by atoms with Crippen LogP contribution in [0.15, 0.2) is 33.1 Å². The van der Waals surface area contributed by atoms with Gasteiger partial charge in [-0.3, -0.25) is 9.89 Å². The number of oxazole rings is 1. The van der Waals surface area contributed by atoms with Gasteiger partial charge in [0, 0.05) is 37.0 Å². The van der Waals surface area contributed by atoms with E-state index in [2.05, 4.69) is 63.8 Å². The number of hydrogen-bond acceptors (Lipinski definition) is 5. The van der Waals surface area contributed by atoms with E-state index in [9.17, 15) is 0 Å². The van der Waals surface area contributed by atoms with Crippen molar-refractivity contribution >= 4 is 17.3 Å². The Morgan fingerprint density at radius 1 is 1.39 bits per heavy atom. The van der Waals surface area contributed by atoms with Gasteiger partial charge < -0.3 is 15.1 Å². The number of rotatable bonds is 6. The van der Waals surface area contributed by atoms with Gasteiger partial charge in [-0.2, -0.15) is 0 Å². The van der Waals surface area contributed by atoms with Crippen LogP contribution in [-0.2, 0) is 18.5 Å². The number of aromatic nitrogens is 1. The quantitative estimate of drug-likeness (QED) is 0.570. The predicted octanol–water partition coefficient (Wildman–Crippen LogP) is 3.61. The first-order valence-corrected chi connectivity index (χ1v) is 11.0. The Hall–Kier alpha value is -1.86. The summed E-state index contributed by atoms with van der Waals surface area (Å²) in [6, 6.07) is 4.36. The van der Waals surface area contributed by atoms with E-state index < -0.39 is 0 Å². The normalized spacial score (nSPS) is 19.0. The summed E-state index contributed by atoms with van der Waals surface area (Å²) in [4.78, 5) is 12.7. The molecule has 1 aliphatic rings. The summed E-state index contributed by atoms with van der Waals surface area (Å²) in [5.41, 5.74) is -0.0266. The van der Waals surface area contributed by atoms with E-state index in [1.807, 2.05) is 17.5 Å². The largest absolute Gasteiger partial charge is 0.443 e. The summed E-state index contributed by atoms with van der Waals surface area (Å²) in [6.45, 7) is 11.2. The Kier molecular flexibility index (Phi) is 7.13. The minimum Gasteiger partial charge on any atom is -0.443 e. The van der Waals surface area contributed by atoms with Crippen molar-refractivity contribution in [2.45, 2.75) is 52.1 Å². The highest BCUT2D eigenvalue weighted by Gasteiger charge is 2.21. The monoisotopic (exact) mass is 403 g/mol. The van der Waals surface area contributed by atoms with Gasteiger partial charge in [0.15, 0.2) is 5.96 Å². The Bertz CT molecular complexity index is 747. The Morgan fingerprint density at radius 3 is 2.93 bits per heavy atom. The lowest BCUT2D eigenvalue weighted by Crippen LogP contribution is -2.44. The van der Waals surface area contributed by atoms with Crippen LogP contribution in [0.1, 0.15) is 50.1 Å². The molecule has 2 aromatic heterocycles. The van der Waals surface area contributed by atoms with E-state index in [1.54, 1.807) is 7.05 Å². The second-order valence-electron chi connectivity index (χ2n) is 8.50. The first-order valence-electron chi connectivity index (χ1n) is 10.1. The summed E-state index contributed by atoms with van der Waals surface area (Å²) < 4.78 is 5.84. The molecule has 3 rings (SSSR count). The standard InChI is InChI=1S/C21H33N5OS/c1-21(2,3)18-12-23-19(27-18)13-25-20(22-4)24-11-16-7-5-9-26(14-16)15-17-8-6-10-28-17/h6,8,10,12,16H,5,7,9,11,13-15H2,1-4H3,(H2,22,24,25). The fourth-order valence-electron chi connectivity index (χ4n) is 3.44. The molecule has 3 heterocycles. The molecule has 7 heteroatoms. The van der Waals surface area contributed by atoms with Crippen molar-refractivity contribution in [3.8, 4) is 0 Å². The van der Waals surface area contributed by atoms with Gasteiger partial charge >= 0.3 is 0 Å². The molecule has 154 valence electrons. The Labute approximate surface area is 172 Å². The highest BCUT2D eigenvalue weighted by atomic mass is 32.1. The van der Waals surface area contributed by atoms with Gasteiger partial charge in [-0.25, -0.2) is 4.98 Å². The van der Waals surface area contributed by atoms with Crippen LogP contribution in [0.2, 0.25) is 0 Å². The molecule has 6 nitrogen and oxygen atoms in total. The van der Waals surface area contributed by atoms with E-state index in [-0.39, 0.29) is 5.41 Å². The lowest BCUT2D eigenvalue weighted by Gasteiger charge is -2.32. The number of nitrogens with zero attached hydrogens (tertiary/aromatic N) is 3. The number of nitrogens with one attached hydrogen (secondary N) is 2. The van der Waals surface area contributed by atoms with Gasteiger partial charge in [0.05, 0.1) is 12.7 Å². The minimum absolute atomic E-state index is 0.0266. The zero-order chi connectivity index (χ0) is 20.0. The topological polar surface area (TPSA) is 65.7 Å². The smallest absolute Gasteiger partial charge is 0.213 e. The predicted molar refractivity (Wildman–Crippen MR) is 116 cm³/mol. The Balaban J connectivity index is 1.43. The van der Waals surface area contributed by atoms with E-state index in [4.69, 9.17) is 4.42 Å². The molecule has 1 fully saturated rings. The molecule has 1 unspecified atom stereocenters. The molecule has 0 aromatic carbocycles. The van der Waals surface area contributed by atoms with Crippen molar-refractivity contribution in [1.82, 2.24) is 20.5 Å². The first-order chi connectivity index (χ1) is 13.4. The molecule has 1 atom stereocenters. The maximum atomic E-state index is 5.84. The van der Waals surface area contributed by atoms with Crippen LogP contribution in [0.3, 0.4) is 0 Å². The molecule has 0 bridgehead atoms. The van der Waals surface area contributed by atoms with Crippen molar-refractivity contribution in [1.29, 1.82) is 0 Å². The van der Waals surface area contributed by atoms with Gasteiger partial charge in [-0.05, 0) is 36.8 Å². The number of hydrogen-bond donors (Lipinski definition) is 2. The van der Waals surface area contributed by atoms with Crippen molar-refractivity contribution in [2.24, 2.45) is 10.9 Å². The number of aliphatic imine (C=N–C) groups is 1. The fourth-order valence-corrected chi connectivity index (χ4v) is 4.19. The molecule has 28 heavy (non-hydrogen) atoms. The lowest BCUT2D eigenvalue weighted by molar-refractivity contribution is 0.169. The SMILES string of the molecule is CN=C(NCc1ncc(C(C)(C)C)o1)NCC1CCCN(Cc2cccs2)C1. The van der Waals surface area contributed by atoms with Crippen LogP contribution in [0.5, 0.6) is 0 Å². The van der Waals surface area contributed by atoms with E-state index in [0.717, 1.165) is 31.4 Å². The summed E-state index contributed by atoms with van der Waals surface area (Å²) in [7, 11) is 1.80. The molecular weight excluding hydrogens is 370 g/mol. The first kappa shape index (κ1) is 20.9.